The monoisotopic (exact) mass is 534 g/mol. The smallest absolute Gasteiger partial charge is 0.281 e. The Hall–Kier alpha value is -5.19. The summed E-state index contributed by atoms with van der Waals surface area (Å²) in [6.45, 7) is 0.378. The minimum absolute atomic E-state index is 0.134. The van der Waals surface area contributed by atoms with E-state index < -0.39 is 5.91 Å². The summed E-state index contributed by atoms with van der Waals surface area (Å²) < 4.78 is 1.51. The SMILES string of the molecule is NC(=NC(=O)c1cnn(CCN2C(=O)c3ccccc3C2=O)c1)C(c1ccc(-c2cnc(N)nc2)cc1)C1CC1. The second-order valence-corrected chi connectivity index (χ2v) is 9.91. The Labute approximate surface area is 229 Å². The molecule has 11 heteroatoms. The number of hydrogen-bond donors (Lipinski definition) is 2. The van der Waals surface area contributed by atoms with E-state index in [4.69, 9.17) is 11.5 Å². The van der Waals surface area contributed by atoms with Crippen LogP contribution < -0.4 is 11.5 Å². The van der Waals surface area contributed by atoms with Gasteiger partial charge < -0.3 is 11.5 Å². The van der Waals surface area contributed by atoms with Gasteiger partial charge in [0.25, 0.3) is 17.7 Å². The van der Waals surface area contributed by atoms with E-state index in [1.807, 2.05) is 24.3 Å². The van der Waals surface area contributed by atoms with Gasteiger partial charge in [0.2, 0.25) is 5.95 Å². The van der Waals surface area contributed by atoms with Crippen LogP contribution >= 0.6 is 0 Å². The molecule has 0 saturated heterocycles. The summed E-state index contributed by atoms with van der Waals surface area (Å²) in [5.74, 6) is -0.532. The predicted molar refractivity (Wildman–Crippen MR) is 147 cm³/mol. The zero-order valence-electron chi connectivity index (χ0n) is 21.5. The Morgan fingerprint density at radius 2 is 1.57 bits per heavy atom. The lowest BCUT2D eigenvalue weighted by molar-refractivity contribution is 0.0647. The van der Waals surface area contributed by atoms with Crippen molar-refractivity contribution in [2.24, 2.45) is 16.6 Å². The summed E-state index contributed by atoms with van der Waals surface area (Å²) in [6, 6.07) is 14.6. The van der Waals surface area contributed by atoms with Crippen molar-refractivity contribution in [2.75, 3.05) is 12.3 Å². The molecule has 3 heterocycles. The van der Waals surface area contributed by atoms with E-state index in [-0.39, 0.29) is 48.2 Å². The Balaban J connectivity index is 1.13. The Morgan fingerprint density at radius 3 is 2.20 bits per heavy atom. The first-order valence-electron chi connectivity index (χ1n) is 12.9. The molecule has 0 bridgehead atoms. The molecule has 40 heavy (non-hydrogen) atoms. The van der Waals surface area contributed by atoms with Crippen molar-refractivity contribution in [3.63, 3.8) is 0 Å². The molecule has 2 aliphatic rings. The highest BCUT2D eigenvalue weighted by Gasteiger charge is 2.36. The molecular weight excluding hydrogens is 508 g/mol. The van der Waals surface area contributed by atoms with Crippen LogP contribution in [0.5, 0.6) is 0 Å². The van der Waals surface area contributed by atoms with Crippen LogP contribution in [0.1, 0.15) is 55.4 Å². The topological polar surface area (TPSA) is 162 Å². The highest BCUT2D eigenvalue weighted by Crippen LogP contribution is 2.43. The molecule has 2 aromatic carbocycles. The molecular formula is C29H26N8O3. The number of carbonyl (C=O) groups excluding carboxylic acids is 3. The van der Waals surface area contributed by atoms with Crippen molar-refractivity contribution in [1.82, 2.24) is 24.6 Å². The van der Waals surface area contributed by atoms with Crippen LogP contribution in [0.4, 0.5) is 5.95 Å². The zero-order valence-corrected chi connectivity index (χ0v) is 21.5. The van der Waals surface area contributed by atoms with Gasteiger partial charge in [-0.3, -0.25) is 24.0 Å². The predicted octanol–water partition coefficient (Wildman–Crippen LogP) is 2.91. The van der Waals surface area contributed by atoms with Crippen LogP contribution in [-0.4, -0.2) is 54.8 Å². The number of imide groups is 1. The molecule has 11 nitrogen and oxygen atoms in total. The second-order valence-electron chi connectivity index (χ2n) is 9.91. The number of fused-ring (bicyclic) bond motifs is 1. The largest absolute Gasteiger partial charge is 0.387 e. The molecule has 200 valence electrons. The number of amidine groups is 1. The molecule has 0 spiro atoms. The molecule has 1 saturated carbocycles. The lowest BCUT2D eigenvalue weighted by Gasteiger charge is -2.16. The fraction of sp³-hybridized carbons (Fsp3) is 0.207. The minimum Gasteiger partial charge on any atom is -0.387 e. The van der Waals surface area contributed by atoms with Gasteiger partial charge >= 0.3 is 0 Å². The number of nitrogens with two attached hydrogens (primary N) is 2. The van der Waals surface area contributed by atoms with E-state index >= 15 is 0 Å². The van der Waals surface area contributed by atoms with Crippen molar-refractivity contribution in [3.05, 3.63) is 95.6 Å². The Bertz CT molecular complexity index is 1600. The van der Waals surface area contributed by atoms with Crippen molar-refractivity contribution in [2.45, 2.75) is 25.3 Å². The third-order valence-electron chi connectivity index (χ3n) is 7.23. The number of amides is 3. The summed E-state index contributed by atoms with van der Waals surface area (Å²) in [5, 5.41) is 4.22. The minimum atomic E-state index is -0.495. The van der Waals surface area contributed by atoms with E-state index in [1.165, 1.54) is 15.8 Å². The van der Waals surface area contributed by atoms with Gasteiger partial charge in [-0.15, -0.1) is 0 Å². The second kappa shape index (κ2) is 10.2. The van der Waals surface area contributed by atoms with Crippen LogP contribution in [0, 0.1) is 5.92 Å². The molecule has 3 amide bonds. The molecule has 4 N–H and O–H groups in total. The van der Waals surface area contributed by atoms with Crippen molar-refractivity contribution in [3.8, 4) is 11.1 Å². The van der Waals surface area contributed by atoms with E-state index in [1.54, 1.807) is 42.9 Å². The van der Waals surface area contributed by atoms with Crippen LogP contribution in [0.25, 0.3) is 11.1 Å². The summed E-state index contributed by atoms with van der Waals surface area (Å²) >= 11 is 0. The maximum Gasteiger partial charge on any atom is 0.281 e. The maximum atomic E-state index is 13.0. The van der Waals surface area contributed by atoms with Gasteiger partial charge in [-0.25, -0.2) is 9.97 Å². The number of nitrogen functional groups attached to an aromatic ring is 1. The highest BCUT2D eigenvalue weighted by molar-refractivity contribution is 6.21. The standard InChI is InChI=1S/C29H26N8O3/c30-25(24(19-9-10-19)18-7-5-17(6-8-18)20-13-32-29(31)33-14-20)35-26(38)21-15-34-36(16-21)11-12-37-27(39)22-3-1-2-4-23(22)28(37)40/h1-8,13-16,19,24H,9-12H2,(H2,30,35,38)(H2,31,32,33). The number of aliphatic imine (C=N–C) groups is 1. The lowest BCUT2D eigenvalue weighted by Crippen LogP contribution is -2.33. The summed E-state index contributed by atoms with van der Waals surface area (Å²) in [7, 11) is 0. The average molecular weight is 535 g/mol. The van der Waals surface area contributed by atoms with Gasteiger partial charge in [-0.2, -0.15) is 10.1 Å². The Morgan fingerprint density at radius 1 is 0.925 bits per heavy atom. The molecule has 1 aliphatic heterocycles. The van der Waals surface area contributed by atoms with Gasteiger partial charge in [0.1, 0.15) is 5.84 Å². The molecule has 1 aliphatic carbocycles. The van der Waals surface area contributed by atoms with Gasteiger partial charge in [-0.05, 0) is 42.0 Å². The fourth-order valence-corrected chi connectivity index (χ4v) is 4.98. The third-order valence-corrected chi connectivity index (χ3v) is 7.23. The first kappa shape index (κ1) is 25.1. The number of nitrogens with zero attached hydrogens (tertiary/aromatic N) is 6. The lowest BCUT2D eigenvalue weighted by atomic mass is 9.91. The van der Waals surface area contributed by atoms with Gasteiger partial charge in [0, 0.05) is 36.6 Å². The summed E-state index contributed by atoms with van der Waals surface area (Å²) in [4.78, 5) is 51.6. The fourth-order valence-electron chi connectivity index (χ4n) is 4.98. The Kier molecular flexibility index (Phi) is 6.39. The number of anilines is 1. The van der Waals surface area contributed by atoms with Gasteiger partial charge in [0.05, 0.1) is 29.4 Å². The summed E-state index contributed by atoms with van der Waals surface area (Å²) in [5.41, 5.74) is 15.8. The normalized spacial score (nSPS) is 15.8. The molecule has 6 rings (SSSR count). The quantitative estimate of drug-likeness (QED) is 0.198. The van der Waals surface area contributed by atoms with E-state index in [0.29, 0.717) is 17.0 Å². The molecule has 2 aromatic heterocycles. The van der Waals surface area contributed by atoms with E-state index in [0.717, 1.165) is 29.5 Å². The number of rotatable bonds is 8. The van der Waals surface area contributed by atoms with Gasteiger partial charge in [0.15, 0.2) is 0 Å². The van der Waals surface area contributed by atoms with Crippen LogP contribution in [0.2, 0.25) is 0 Å². The number of benzene rings is 2. The van der Waals surface area contributed by atoms with Gasteiger partial charge in [-0.1, -0.05) is 36.4 Å². The third kappa shape index (κ3) is 4.84. The highest BCUT2D eigenvalue weighted by atomic mass is 16.2. The van der Waals surface area contributed by atoms with E-state index in [9.17, 15) is 14.4 Å². The van der Waals surface area contributed by atoms with E-state index in [2.05, 4.69) is 20.1 Å². The molecule has 4 aromatic rings. The molecule has 1 atom stereocenters. The maximum absolute atomic E-state index is 13.0. The first-order chi connectivity index (χ1) is 19.4. The number of hydrogen-bond acceptors (Lipinski definition) is 7. The van der Waals surface area contributed by atoms with Crippen LogP contribution in [0.15, 0.2) is 78.3 Å². The zero-order chi connectivity index (χ0) is 27.8. The first-order valence-corrected chi connectivity index (χ1v) is 12.9. The van der Waals surface area contributed by atoms with Crippen molar-refractivity contribution >= 4 is 29.5 Å². The summed E-state index contributed by atoms with van der Waals surface area (Å²) in [6.07, 6.45) is 8.33. The average Bonchev–Trinajstić information content (AvgIpc) is 3.62. The van der Waals surface area contributed by atoms with Crippen LogP contribution in [-0.2, 0) is 6.54 Å². The van der Waals surface area contributed by atoms with Crippen molar-refractivity contribution in [1.29, 1.82) is 0 Å². The number of carbonyl (C=O) groups is 3. The van der Waals surface area contributed by atoms with Crippen LogP contribution in [0.3, 0.4) is 0 Å². The molecule has 1 unspecified atom stereocenters. The van der Waals surface area contributed by atoms with Crippen molar-refractivity contribution < 1.29 is 14.4 Å². The molecule has 0 radical (unpaired) electrons. The number of aromatic nitrogens is 4. The molecule has 1 fully saturated rings.